The molecule has 0 radical (unpaired) electrons. The molecule has 0 aliphatic rings. The van der Waals surface area contributed by atoms with Crippen molar-refractivity contribution in [3.8, 4) is 5.75 Å². The normalized spacial score (nSPS) is 12.2. The van der Waals surface area contributed by atoms with E-state index in [1.807, 2.05) is 31.1 Å². The fourth-order valence-electron chi connectivity index (χ4n) is 2.14. The van der Waals surface area contributed by atoms with Crippen molar-refractivity contribution in [3.05, 3.63) is 29.8 Å². The van der Waals surface area contributed by atoms with Crippen molar-refractivity contribution in [1.82, 2.24) is 4.90 Å². The van der Waals surface area contributed by atoms with Crippen LogP contribution < -0.4 is 4.74 Å². The molecule has 4 nitrogen and oxygen atoms in total. The number of carbonyl (C=O) groups is 2. The van der Waals surface area contributed by atoms with Gasteiger partial charge in [0.25, 0.3) is 0 Å². The van der Waals surface area contributed by atoms with Crippen molar-refractivity contribution in [3.63, 3.8) is 0 Å². The second-order valence-corrected chi connectivity index (χ2v) is 5.30. The molecule has 0 saturated carbocycles. The van der Waals surface area contributed by atoms with Crippen molar-refractivity contribution >= 4 is 11.6 Å². The lowest BCUT2D eigenvalue weighted by molar-refractivity contribution is -0.117. The van der Waals surface area contributed by atoms with E-state index in [4.69, 9.17) is 4.74 Å². The first-order valence-corrected chi connectivity index (χ1v) is 6.76. The molecule has 0 aliphatic heterocycles. The monoisotopic (exact) mass is 277 g/mol. The van der Waals surface area contributed by atoms with Gasteiger partial charge < -0.3 is 14.4 Å². The van der Waals surface area contributed by atoms with E-state index in [9.17, 15) is 9.59 Å². The summed E-state index contributed by atoms with van der Waals surface area (Å²) in [4.78, 5) is 25.7. The Bertz CT molecular complexity index is 469. The fourth-order valence-corrected chi connectivity index (χ4v) is 2.14. The molecule has 4 heteroatoms. The molecular weight excluding hydrogens is 254 g/mol. The summed E-state index contributed by atoms with van der Waals surface area (Å²) in [7, 11) is 5.44. The van der Waals surface area contributed by atoms with Crippen LogP contribution >= 0.6 is 0 Å². The molecule has 0 aromatic heterocycles. The summed E-state index contributed by atoms with van der Waals surface area (Å²) in [6.07, 6.45) is 1.03. The van der Waals surface area contributed by atoms with Crippen LogP contribution in [0.15, 0.2) is 24.3 Å². The Labute approximate surface area is 120 Å². The summed E-state index contributed by atoms with van der Waals surface area (Å²) in [5.41, 5.74) is 0.639. The highest BCUT2D eigenvalue weighted by Gasteiger charge is 2.21. The molecular formula is C16H23NO3. The van der Waals surface area contributed by atoms with Crippen LogP contribution in [0.3, 0.4) is 0 Å². The molecule has 20 heavy (non-hydrogen) atoms. The molecule has 110 valence electrons. The highest BCUT2D eigenvalue weighted by molar-refractivity contribution is 5.98. The number of ether oxygens (including phenoxy) is 1. The quantitative estimate of drug-likeness (QED) is 0.685. The van der Waals surface area contributed by atoms with Crippen LogP contribution in [-0.4, -0.2) is 44.2 Å². The molecule has 0 heterocycles. The molecule has 0 N–H and O–H groups in total. The van der Waals surface area contributed by atoms with Crippen LogP contribution in [0.2, 0.25) is 0 Å². The average Bonchev–Trinajstić information content (AvgIpc) is 2.42. The Hall–Kier alpha value is -1.68. The van der Waals surface area contributed by atoms with E-state index < -0.39 is 0 Å². The Kier molecular flexibility index (Phi) is 6.39. The van der Waals surface area contributed by atoms with Gasteiger partial charge in [-0.05, 0) is 39.6 Å². The molecule has 0 saturated heterocycles. The Morgan fingerprint density at radius 3 is 2.55 bits per heavy atom. The lowest BCUT2D eigenvalue weighted by Gasteiger charge is -2.20. The first-order valence-electron chi connectivity index (χ1n) is 6.76. The van der Waals surface area contributed by atoms with Crippen molar-refractivity contribution in [2.45, 2.75) is 19.8 Å². The Morgan fingerprint density at radius 2 is 2.00 bits per heavy atom. The molecule has 1 aromatic rings. The maximum Gasteiger partial charge on any atom is 0.167 e. The molecule has 0 fully saturated rings. The smallest absolute Gasteiger partial charge is 0.167 e. The van der Waals surface area contributed by atoms with Crippen LogP contribution in [0.25, 0.3) is 0 Å². The van der Waals surface area contributed by atoms with E-state index in [1.54, 1.807) is 26.2 Å². The Balaban J connectivity index is 2.87. The third-order valence-electron chi connectivity index (χ3n) is 3.16. The lowest BCUT2D eigenvalue weighted by Crippen LogP contribution is -2.28. The second kappa shape index (κ2) is 7.80. The predicted octanol–water partition coefficient (Wildman–Crippen LogP) is 2.42. The molecule has 1 rings (SSSR count). The standard InChI is InChI=1S/C16H23NO3/c1-12(18)8-9-14(11-17(2)3)16(19)13-6-5-7-15(10-13)20-4/h5-7,10,14H,8-9,11H2,1-4H3/t14-/m1/s1. The summed E-state index contributed by atoms with van der Waals surface area (Å²) in [6.45, 7) is 2.20. The van der Waals surface area contributed by atoms with Crippen molar-refractivity contribution in [2.75, 3.05) is 27.7 Å². The summed E-state index contributed by atoms with van der Waals surface area (Å²) < 4.78 is 5.15. The van der Waals surface area contributed by atoms with Gasteiger partial charge in [-0.25, -0.2) is 0 Å². The van der Waals surface area contributed by atoms with E-state index in [-0.39, 0.29) is 17.5 Å². The molecule has 0 spiro atoms. The average molecular weight is 277 g/mol. The summed E-state index contributed by atoms with van der Waals surface area (Å²) in [6, 6.07) is 7.16. The number of hydrogen-bond acceptors (Lipinski definition) is 4. The van der Waals surface area contributed by atoms with E-state index in [0.717, 1.165) is 0 Å². The van der Waals surface area contributed by atoms with E-state index in [0.29, 0.717) is 30.7 Å². The molecule has 1 aromatic carbocycles. The molecule has 0 amide bonds. The third kappa shape index (κ3) is 5.13. The zero-order chi connectivity index (χ0) is 15.1. The number of hydrogen-bond donors (Lipinski definition) is 0. The Morgan fingerprint density at radius 1 is 1.30 bits per heavy atom. The molecule has 0 aliphatic carbocycles. The van der Waals surface area contributed by atoms with Crippen LogP contribution in [0.5, 0.6) is 5.75 Å². The van der Waals surface area contributed by atoms with Crippen molar-refractivity contribution in [2.24, 2.45) is 5.92 Å². The van der Waals surface area contributed by atoms with Crippen molar-refractivity contribution < 1.29 is 14.3 Å². The maximum atomic E-state index is 12.6. The van der Waals surface area contributed by atoms with Gasteiger partial charge in [-0.1, -0.05) is 12.1 Å². The topological polar surface area (TPSA) is 46.6 Å². The van der Waals surface area contributed by atoms with Crippen molar-refractivity contribution in [1.29, 1.82) is 0 Å². The maximum absolute atomic E-state index is 12.6. The summed E-state index contributed by atoms with van der Waals surface area (Å²) in [5, 5.41) is 0. The van der Waals surface area contributed by atoms with Crippen LogP contribution in [0.4, 0.5) is 0 Å². The van der Waals surface area contributed by atoms with E-state index in [1.165, 1.54) is 0 Å². The first kappa shape index (κ1) is 16.4. The SMILES string of the molecule is COc1cccc(C(=O)[C@H](CCC(C)=O)CN(C)C)c1. The van der Waals surface area contributed by atoms with Crippen LogP contribution in [0, 0.1) is 5.92 Å². The number of Topliss-reactive ketones (excluding diaryl/α,β-unsaturated/α-hetero) is 2. The van der Waals surface area contributed by atoms with Crippen LogP contribution in [-0.2, 0) is 4.79 Å². The second-order valence-electron chi connectivity index (χ2n) is 5.30. The number of carbonyl (C=O) groups excluding carboxylic acids is 2. The minimum absolute atomic E-state index is 0.0684. The predicted molar refractivity (Wildman–Crippen MR) is 79.3 cm³/mol. The summed E-state index contributed by atoms with van der Waals surface area (Å²) >= 11 is 0. The first-order chi connectivity index (χ1) is 9.43. The van der Waals surface area contributed by atoms with Gasteiger partial charge in [0, 0.05) is 24.4 Å². The number of nitrogens with zero attached hydrogens (tertiary/aromatic N) is 1. The summed E-state index contributed by atoms with van der Waals surface area (Å²) in [5.74, 6) is 0.693. The minimum atomic E-state index is -0.166. The third-order valence-corrected chi connectivity index (χ3v) is 3.16. The molecule has 0 unspecified atom stereocenters. The van der Waals surface area contributed by atoms with Gasteiger partial charge in [0.15, 0.2) is 5.78 Å². The van der Waals surface area contributed by atoms with E-state index >= 15 is 0 Å². The highest BCUT2D eigenvalue weighted by Crippen LogP contribution is 2.19. The molecule has 1 atom stereocenters. The van der Waals surface area contributed by atoms with Gasteiger partial charge in [0.1, 0.15) is 11.5 Å². The van der Waals surface area contributed by atoms with Gasteiger partial charge in [-0.3, -0.25) is 4.79 Å². The fraction of sp³-hybridized carbons (Fsp3) is 0.500. The van der Waals surface area contributed by atoms with Crippen LogP contribution in [0.1, 0.15) is 30.1 Å². The van der Waals surface area contributed by atoms with Gasteiger partial charge in [-0.2, -0.15) is 0 Å². The van der Waals surface area contributed by atoms with E-state index in [2.05, 4.69) is 0 Å². The van der Waals surface area contributed by atoms with Gasteiger partial charge >= 0.3 is 0 Å². The molecule has 0 bridgehead atoms. The van der Waals surface area contributed by atoms with Gasteiger partial charge in [0.2, 0.25) is 0 Å². The zero-order valence-corrected chi connectivity index (χ0v) is 12.7. The number of rotatable bonds is 8. The van der Waals surface area contributed by atoms with Gasteiger partial charge in [-0.15, -0.1) is 0 Å². The lowest BCUT2D eigenvalue weighted by atomic mass is 9.92. The van der Waals surface area contributed by atoms with Gasteiger partial charge in [0.05, 0.1) is 7.11 Å². The number of methoxy groups -OCH3 is 1. The highest BCUT2D eigenvalue weighted by atomic mass is 16.5. The minimum Gasteiger partial charge on any atom is -0.497 e. The number of ketones is 2. The zero-order valence-electron chi connectivity index (χ0n) is 12.7. The number of benzene rings is 1. The largest absolute Gasteiger partial charge is 0.497 e.